The highest BCUT2D eigenvalue weighted by molar-refractivity contribution is 6.19. The van der Waals surface area contributed by atoms with Crippen LogP contribution in [0.25, 0.3) is 100 Å². The van der Waals surface area contributed by atoms with E-state index in [1.54, 1.807) is 0 Å². The van der Waals surface area contributed by atoms with Crippen LogP contribution < -0.4 is 0 Å². The maximum Gasteiger partial charge on any atom is 0.167 e. The summed E-state index contributed by atoms with van der Waals surface area (Å²) >= 11 is 0. The number of hydrogen-bond acceptors (Lipinski definition) is 4. The molecule has 0 aliphatic carbocycles. The fourth-order valence-corrected chi connectivity index (χ4v) is 7.32. The highest BCUT2D eigenvalue weighted by atomic mass is 16.3. The fraction of sp³-hybridized carbons (Fsp3) is 0. The van der Waals surface area contributed by atoms with Gasteiger partial charge in [0, 0.05) is 27.5 Å². The van der Waals surface area contributed by atoms with Gasteiger partial charge >= 0.3 is 0 Å². The molecule has 0 amide bonds. The second kappa shape index (κ2) is 12.9. The fourth-order valence-electron chi connectivity index (χ4n) is 7.32. The number of rotatable bonds is 6. The summed E-state index contributed by atoms with van der Waals surface area (Å²) in [6.07, 6.45) is 0. The Labute approximate surface area is 306 Å². The molecule has 10 rings (SSSR count). The number of hydrogen-bond donors (Lipinski definition) is 0. The maximum absolute atomic E-state index is 7.13. The lowest BCUT2D eigenvalue weighted by Gasteiger charge is -2.11. The third-order valence-corrected chi connectivity index (χ3v) is 9.91. The second-order valence-electron chi connectivity index (χ2n) is 13.2. The summed E-state index contributed by atoms with van der Waals surface area (Å²) in [6.45, 7) is 0. The zero-order valence-corrected chi connectivity index (χ0v) is 28.6. The molecule has 2 heterocycles. The molecule has 2 aromatic heterocycles. The summed E-state index contributed by atoms with van der Waals surface area (Å²) in [7, 11) is 0. The SMILES string of the molecule is c1ccc(-c2cc(-c3ccccc3)c3oc4c(-c5nc(-c6ccccc6)nc(-c6ccc7ccccc7c6)n5)ccc(-c5ccccc5)c4c3c2)cc1. The zero-order valence-electron chi connectivity index (χ0n) is 28.6. The van der Waals surface area contributed by atoms with E-state index in [-0.39, 0.29) is 0 Å². The predicted molar refractivity (Wildman–Crippen MR) is 217 cm³/mol. The van der Waals surface area contributed by atoms with Gasteiger partial charge < -0.3 is 4.42 Å². The van der Waals surface area contributed by atoms with Gasteiger partial charge in [0.2, 0.25) is 0 Å². The first kappa shape index (κ1) is 30.6. The molecule has 0 radical (unpaired) electrons. The van der Waals surface area contributed by atoms with Gasteiger partial charge in [-0.15, -0.1) is 0 Å². The first-order valence-corrected chi connectivity index (χ1v) is 17.8. The minimum Gasteiger partial charge on any atom is -0.455 e. The Bertz CT molecular complexity index is 2920. The monoisotopic (exact) mass is 677 g/mol. The molecule has 4 nitrogen and oxygen atoms in total. The average molecular weight is 678 g/mol. The minimum absolute atomic E-state index is 0.551. The van der Waals surface area contributed by atoms with Gasteiger partial charge in [-0.1, -0.05) is 164 Å². The number of benzene rings is 8. The van der Waals surface area contributed by atoms with E-state index in [1.807, 2.05) is 42.5 Å². The Kier molecular flexibility index (Phi) is 7.43. The molecule has 0 saturated carbocycles. The summed E-state index contributed by atoms with van der Waals surface area (Å²) in [5, 5.41) is 4.35. The number of fused-ring (bicyclic) bond motifs is 4. The predicted octanol–water partition coefficient (Wildman–Crippen LogP) is 12.9. The molecule has 53 heavy (non-hydrogen) atoms. The van der Waals surface area contributed by atoms with Gasteiger partial charge in [-0.25, -0.2) is 15.0 Å². The molecule has 4 heteroatoms. The molecular weight excluding hydrogens is 647 g/mol. The van der Waals surface area contributed by atoms with Crippen LogP contribution in [0.3, 0.4) is 0 Å². The molecule has 0 N–H and O–H groups in total. The molecular formula is C49H31N3O. The van der Waals surface area contributed by atoms with E-state index in [0.29, 0.717) is 17.5 Å². The second-order valence-corrected chi connectivity index (χ2v) is 13.2. The van der Waals surface area contributed by atoms with Crippen LogP contribution in [0.4, 0.5) is 0 Å². The lowest BCUT2D eigenvalue weighted by Crippen LogP contribution is -2.00. The quantitative estimate of drug-likeness (QED) is 0.176. The van der Waals surface area contributed by atoms with Gasteiger partial charge in [-0.3, -0.25) is 0 Å². The van der Waals surface area contributed by atoms with Gasteiger partial charge in [-0.05, 0) is 62.9 Å². The van der Waals surface area contributed by atoms with Gasteiger partial charge in [0.25, 0.3) is 0 Å². The average Bonchev–Trinajstić information content (AvgIpc) is 3.64. The summed E-state index contributed by atoms with van der Waals surface area (Å²) in [5.74, 6) is 1.76. The number of aromatic nitrogens is 3. The van der Waals surface area contributed by atoms with E-state index < -0.39 is 0 Å². The van der Waals surface area contributed by atoms with Crippen molar-refractivity contribution in [3.8, 4) is 67.5 Å². The molecule has 0 unspecified atom stereocenters. The molecule has 0 bridgehead atoms. The van der Waals surface area contributed by atoms with Crippen LogP contribution >= 0.6 is 0 Å². The normalized spacial score (nSPS) is 11.4. The first-order chi connectivity index (χ1) is 26.3. The molecule has 0 saturated heterocycles. The molecule has 0 fully saturated rings. The van der Waals surface area contributed by atoms with Gasteiger partial charge in [-0.2, -0.15) is 0 Å². The molecule has 0 spiro atoms. The number of furan rings is 1. The molecule has 8 aromatic carbocycles. The van der Waals surface area contributed by atoms with Crippen LogP contribution in [0.15, 0.2) is 192 Å². The minimum atomic E-state index is 0.551. The summed E-state index contributed by atoms with van der Waals surface area (Å²) in [5.41, 5.74) is 10.8. The highest BCUT2D eigenvalue weighted by Gasteiger charge is 2.23. The van der Waals surface area contributed by atoms with Gasteiger partial charge in [0.15, 0.2) is 17.5 Å². The Morgan fingerprint density at radius 3 is 1.51 bits per heavy atom. The first-order valence-electron chi connectivity index (χ1n) is 17.8. The Morgan fingerprint density at radius 2 is 0.830 bits per heavy atom. The Balaban J connectivity index is 1.29. The molecule has 0 atom stereocenters. The van der Waals surface area contributed by atoms with Crippen molar-refractivity contribution in [3.05, 3.63) is 188 Å². The van der Waals surface area contributed by atoms with Crippen molar-refractivity contribution in [2.45, 2.75) is 0 Å². The van der Waals surface area contributed by atoms with E-state index in [9.17, 15) is 0 Å². The van der Waals surface area contributed by atoms with E-state index in [4.69, 9.17) is 19.4 Å². The third kappa shape index (κ3) is 5.54. The molecule has 0 aliphatic rings. The van der Waals surface area contributed by atoms with Crippen molar-refractivity contribution in [1.29, 1.82) is 0 Å². The van der Waals surface area contributed by atoms with E-state index in [2.05, 4.69) is 146 Å². The Morgan fingerprint density at radius 1 is 0.302 bits per heavy atom. The van der Waals surface area contributed by atoms with Crippen molar-refractivity contribution in [2.75, 3.05) is 0 Å². The summed E-state index contributed by atoms with van der Waals surface area (Å²) in [4.78, 5) is 15.4. The van der Waals surface area contributed by atoms with Crippen molar-refractivity contribution in [3.63, 3.8) is 0 Å². The standard InChI is InChI=1S/C49H31N3O/c1-5-15-32(16-6-1)39-30-42(35-20-9-3-10-21-35)45-43(31-39)44-40(34-18-7-2-8-19-34)27-28-41(46(44)53-45)49-51-47(36-22-11-4-12-23-36)50-48(52-49)38-26-25-33-17-13-14-24-37(33)29-38/h1-31H. The van der Waals surface area contributed by atoms with Crippen LogP contribution in [0.2, 0.25) is 0 Å². The van der Waals surface area contributed by atoms with Gasteiger partial charge in [0.05, 0.1) is 5.56 Å². The Hall–Kier alpha value is -7.17. The van der Waals surface area contributed by atoms with E-state index in [0.717, 1.165) is 77.4 Å². The number of nitrogens with zero attached hydrogens (tertiary/aromatic N) is 3. The highest BCUT2D eigenvalue weighted by Crippen LogP contribution is 2.46. The van der Waals surface area contributed by atoms with Crippen LogP contribution in [0.5, 0.6) is 0 Å². The third-order valence-electron chi connectivity index (χ3n) is 9.91. The molecule has 10 aromatic rings. The van der Waals surface area contributed by atoms with Crippen LogP contribution in [0.1, 0.15) is 0 Å². The summed E-state index contributed by atoms with van der Waals surface area (Å²) < 4.78 is 7.13. The maximum atomic E-state index is 7.13. The van der Waals surface area contributed by atoms with Crippen molar-refractivity contribution >= 4 is 32.7 Å². The van der Waals surface area contributed by atoms with Crippen LogP contribution in [0, 0.1) is 0 Å². The van der Waals surface area contributed by atoms with E-state index >= 15 is 0 Å². The van der Waals surface area contributed by atoms with Crippen molar-refractivity contribution in [1.82, 2.24) is 15.0 Å². The smallest absolute Gasteiger partial charge is 0.167 e. The summed E-state index contributed by atoms with van der Waals surface area (Å²) in [6, 6.07) is 65.1. The van der Waals surface area contributed by atoms with E-state index in [1.165, 1.54) is 5.39 Å². The van der Waals surface area contributed by atoms with Crippen LogP contribution in [-0.4, -0.2) is 15.0 Å². The van der Waals surface area contributed by atoms with Crippen molar-refractivity contribution < 1.29 is 4.42 Å². The van der Waals surface area contributed by atoms with Crippen LogP contribution in [-0.2, 0) is 0 Å². The lowest BCUT2D eigenvalue weighted by atomic mass is 9.92. The van der Waals surface area contributed by atoms with Crippen molar-refractivity contribution in [2.24, 2.45) is 0 Å². The zero-order chi connectivity index (χ0) is 35.1. The lowest BCUT2D eigenvalue weighted by molar-refractivity contribution is 0.670. The molecule has 248 valence electrons. The largest absolute Gasteiger partial charge is 0.455 e. The molecule has 0 aliphatic heterocycles. The van der Waals surface area contributed by atoms with Gasteiger partial charge in [0.1, 0.15) is 11.2 Å². The topological polar surface area (TPSA) is 51.8 Å².